The number of carbonyl (C=O) groups is 1. The topological polar surface area (TPSA) is 58.4 Å². The van der Waals surface area contributed by atoms with Crippen LogP contribution in [0.15, 0.2) is 0 Å². The number of nitrogens with two attached hydrogens (primary N) is 1. The van der Waals surface area contributed by atoms with E-state index in [4.69, 9.17) is 5.73 Å². The van der Waals surface area contributed by atoms with Gasteiger partial charge in [0, 0.05) is 12.6 Å². The van der Waals surface area contributed by atoms with Crippen LogP contribution in [0, 0.1) is 5.92 Å². The largest absolute Gasteiger partial charge is 0.353 e. The third-order valence-electron chi connectivity index (χ3n) is 3.68. The third kappa shape index (κ3) is 5.83. The number of nitrogens with one attached hydrogen (secondary N) is 1. The number of carbonyl (C=O) groups excluding carboxylic acids is 1. The van der Waals surface area contributed by atoms with Crippen molar-refractivity contribution in [2.45, 2.75) is 58.5 Å². The average molecular weight is 257 g/mol. The number of likely N-dealkylation sites (N-methyl/N-ethyl adjacent to an activating group) is 1. The van der Waals surface area contributed by atoms with Crippen LogP contribution in [-0.4, -0.2) is 43.5 Å². The van der Waals surface area contributed by atoms with Gasteiger partial charge >= 0.3 is 0 Å². The first-order valence-corrected chi connectivity index (χ1v) is 7.17. The molecule has 0 aromatic rings. The van der Waals surface area contributed by atoms with Gasteiger partial charge in [0.15, 0.2) is 0 Å². The van der Waals surface area contributed by atoms with Crippen molar-refractivity contribution in [3.05, 3.63) is 0 Å². The van der Waals surface area contributed by atoms with Crippen LogP contribution < -0.4 is 11.1 Å². The summed E-state index contributed by atoms with van der Waals surface area (Å²) < 4.78 is 0. The maximum Gasteiger partial charge on any atom is 0.236 e. The Hall–Kier alpha value is -0.610. The summed E-state index contributed by atoms with van der Waals surface area (Å²) in [6.45, 7) is 7.14. The molecule has 0 aliphatic rings. The Morgan fingerprint density at radius 1 is 1.22 bits per heavy atom. The highest BCUT2D eigenvalue weighted by atomic mass is 16.2. The molecule has 18 heavy (non-hydrogen) atoms. The summed E-state index contributed by atoms with van der Waals surface area (Å²) in [6.07, 6.45) is 3.97. The van der Waals surface area contributed by atoms with Crippen LogP contribution in [0.25, 0.3) is 0 Å². The van der Waals surface area contributed by atoms with Gasteiger partial charge in [-0.05, 0) is 26.4 Å². The molecule has 0 fully saturated rings. The number of nitrogens with zero attached hydrogens (tertiary/aromatic N) is 1. The van der Waals surface area contributed by atoms with E-state index < -0.39 is 0 Å². The van der Waals surface area contributed by atoms with Gasteiger partial charge in [0.2, 0.25) is 5.91 Å². The number of hydrogen-bond acceptors (Lipinski definition) is 3. The lowest BCUT2D eigenvalue weighted by Gasteiger charge is -2.31. The van der Waals surface area contributed by atoms with E-state index in [2.05, 4.69) is 38.2 Å². The molecule has 0 radical (unpaired) electrons. The van der Waals surface area contributed by atoms with E-state index >= 15 is 0 Å². The predicted octanol–water partition coefficient (Wildman–Crippen LogP) is 1.60. The smallest absolute Gasteiger partial charge is 0.236 e. The lowest BCUT2D eigenvalue weighted by molar-refractivity contribution is -0.122. The number of amides is 1. The molecule has 0 saturated heterocycles. The van der Waals surface area contributed by atoms with Gasteiger partial charge in [-0.1, -0.05) is 40.0 Å². The Balaban J connectivity index is 4.31. The average Bonchev–Trinajstić information content (AvgIpc) is 2.33. The normalized spacial score (nSPS) is 14.9. The summed E-state index contributed by atoms with van der Waals surface area (Å²) in [5, 5.41) is 2.99. The molecule has 2 unspecified atom stereocenters. The second kappa shape index (κ2) is 9.34. The molecule has 1 amide bonds. The van der Waals surface area contributed by atoms with Crippen LogP contribution in [0.3, 0.4) is 0 Å². The van der Waals surface area contributed by atoms with Crippen molar-refractivity contribution in [2.24, 2.45) is 11.7 Å². The van der Waals surface area contributed by atoms with Crippen LogP contribution >= 0.6 is 0 Å². The van der Waals surface area contributed by atoms with Crippen LogP contribution in [0.4, 0.5) is 0 Å². The highest BCUT2D eigenvalue weighted by molar-refractivity contribution is 5.81. The van der Waals surface area contributed by atoms with Gasteiger partial charge in [-0.15, -0.1) is 0 Å². The van der Waals surface area contributed by atoms with Gasteiger partial charge < -0.3 is 16.0 Å². The maximum atomic E-state index is 11.8. The SMILES string of the molecule is CCCC(N)C(=O)NCC(C(CC)CC)N(C)C. The first kappa shape index (κ1) is 17.4. The molecular formula is C14H31N3O. The molecule has 3 N–H and O–H groups in total. The van der Waals surface area contributed by atoms with E-state index in [9.17, 15) is 4.79 Å². The Bertz CT molecular complexity index is 227. The Labute approximate surface area is 112 Å². The number of rotatable bonds is 9. The van der Waals surface area contributed by atoms with Crippen molar-refractivity contribution < 1.29 is 4.79 Å². The number of hydrogen-bond donors (Lipinski definition) is 2. The van der Waals surface area contributed by atoms with E-state index in [0.717, 1.165) is 25.7 Å². The van der Waals surface area contributed by atoms with Crippen molar-refractivity contribution in [3.63, 3.8) is 0 Å². The molecule has 0 aromatic carbocycles. The molecule has 0 saturated carbocycles. The van der Waals surface area contributed by atoms with Gasteiger partial charge in [-0.25, -0.2) is 0 Å². The van der Waals surface area contributed by atoms with Crippen LogP contribution in [-0.2, 0) is 4.79 Å². The fraction of sp³-hybridized carbons (Fsp3) is 0.929. The molecule has 0 rings (SSSR count). The van der Waals surface area contributed by atoms with Crippen molar-refractivity contribution >= 4 is 5.91 Å². The molecule has 2 atom stereocenters. The minimum absolute atomic E-state index is 0.0188. The summed E-state index contributed by atoms with van der Waals surface area (Å²) in [6, 6.07) is 0.0253. The first-order chi connectivity index (χ1) is 8.47. The maximum absolute atomic E-state index is 11.8. The van der Waals surface area contributed by atoms with Gasteiger partial charge in [0.05, 0.1) is 6.04 Å². The van der Waals surface area contributed by atoms with E-state index in [1.807, 2.05) is 6.92 Å². The van der Waals surface area contributed by atoms with Crippen LogP contribution in [0.5, 0.6) is 0 Å². The zero-order chi connectivity index (χ0) is 14.1. The quantitative estimate of drug-likeness (QED) is 0.659. The van der Waals surface area contributed by atoms with Gasteiger partial charge in [0.25, 0.3) is 0 Å². The molecule has 0 aliphatic carbocycles. The van der Waals surface area contributed by atoms with Crippen molar-refractivity contribution in [1.82, 2.24) is 10.2 Å². The molecule has 0 aromatic heterocycles. The third-order valence-corrected chi connectivity index (χ3v) is 3.68. The second-order valence-electron chi connectivity index (χ2n) is 5.25. The van der Waals surface area contributed by atoms with Crippen molar-refractivity contribution in [2.75, 3.05) is 20.6 Å². The Morgan fingerprint density at radius 2 is 1.78 bits per heavy atom. The Kier molecular flexibility index (Phi) is 9.02. The van der Waals surface area contributed by atoms with Crippen molar-refractivity contribution in [3.8, 4) is 0 Å². The summed E-state index contributed by atoms with van der Waals surface area (Å²) in [5.41, 5.74) is 5.81. The zero-order valence-electron chi connectivity index (χ0n) is 12.7. The van der Waals surface area contributed by atoms with Crippen LogP contribution in [0.1, 0.15) is 46.5 Å². The van der Waals surface area contributed by atoms with Gasteiger partial charge in [-0.3, -0.25) is 4.79 Å². The lowest BCUT2D eigenvalue weighted by Crippen LogP contribution is -2.48. The van der Waals surface area contributed by atoms with Gasteiger partial charge in [0.1, 0.15) is 0 Å². The first-order valence-electron chi connectivity index (χ1n) is 7.17. The van der Waals surface area contributed by atoms with E-state index in [1.54, 1.807) is 0 Å². The van der Waals surface area contributed by atoms with Crippen LogP contribution in [0.2, 0.25) is 0 Å². The summed E-state index contributed by atoms with van der Waals surface area (Å²) in [4.78, 5) is 14.0. The van der Waals surface area contributed by atoms with Gasteiger partial charge in [-0.2, -0.15) is 0 Å². The minimum atomic E-state index is -0.362. The molecule has 0 aliphatic heterocycles. The summed E-state index contributed by atoms with van der Waals surface area (Å²) in [5.74, 6) is 0.595. The van der Waals surface area contributed by atoms with Crippen molar-refractivity contribution in [1.29, 1.82) is 0 Å². The predicted molar refractivity (Wildman–Crippen MR) is 77.4 cm³/mol. The second-order valence-corrected chi connectivity index (χ2v) is 5.25. The fourth-order valence-corrected chi connectivity index (χ4v) is 2.38. The standard InChI is InChI=1S/C14H31N3O/c1-6-9-12(15)14(18)16-10-13(17(4)5)11(7-2)8-3/h11-13H,6-10,15H2,1-5H3,(H,16,18). The Morgan fingerprint density at radius 3 is 2.17 bits per heavy atom. The molecule has 108 valence electrons. The highest BCUT2D eigenvalue weighted by Gasteiger charge is 2.22. The minimum Gasteiger partial charge on any atom is -0.353 e. The monoisotopic (exact) mass is 257 g/mol. The lowest BCUT2D eigenvalue weighted by atomic mass is 9.93. The summed E-state index contributed by atoms with van der Waals surface area (Å²) in [7, 11) is 4.14. The molecule has 0 spiro atoms. The van der Waals surface area contributed by atoms with E-state index in [0.29, 0.717) is 18.5 Å². The highest BCUT2D eigenvalue weighted by Crippen LogP contribution is 2.16. The molecule has 4 heteroatoms. The molecule has 4 nitrogen and oxygen atoms in total. The molecule has 0 heterocycles. The molecular weight excluding hydrogens is 226 g/mol. The zero-order valence-corrected chi connectivity index (χ0v) is 12.7. The fourth-order valence-electron chi connectivity index (χ4n) is 2.38. The summed E-state index contributed by atoms with van der Waals surface area (Å²) >= 11 is 0. The van der Waals surface area contributed by atoms with E-state index in [1.165, 1.54) is 0 Å². The molecule has 0 bridgehead atoms. The van der Waals surface area contributed by atoms with E-state index in [-0.39, 0.29) is 11.9 Å².